The molecule has 3 aliphatic rings. The first-order valence-electron chi connectivity index (χ1n) is 17.1. The van der Waals surface area contributed by atoms with Crippen LogP contribution in [0.15, 0.2) is 66.8 Å². The molecule has 0 spiro atoms. The number of alkyl halides is 1. The Hall–Kier alpha value is -5.61. The number of anilines is 1. The van der Waals surface area contributed by atoms with Crippen molar-refractivity contribution in [2.45, 2.75) is 31.0 Å². The van der Waals surface area contributed by atoms with E-state index in [1.807, 2.05) is 4.90 Å². The fourth-order valence-corrected chi connectivity index (χ4v) is 7.78. The molecule has 2 aromatic carbocycles. The van der Waals surface area contributed by atoms with Crippen LogP contribution in [0.4, 0.5) is 23.4 Å². The first-order valence-corrected chi connectivity index (χ1v) is 17.1. The Morgan fingerprint density at radius 3 is 2.65 bits per heavy atom. The predicted molar refractivity (Wildman–Crippen MR) is 189 cm³/mol. The van der Waals surface area contributed by atoms with E-state index in [1.54, 1.807) is 36.4 Å². The number of carbonyl (C=O) groups is 1. The molecule has 3 saturated heterocycles. The number of amides is 1. The Bertz CT molecular complexity index is 2270. The highest BCUT2D eigenvalue weighted by Gasteiger charge is 2.49. The summed E-state index contributed by atoms with van der Waals surface area (Å²) in [6, 6.07) is 12.4. The molecular formula is C39H33F4N7O2. The summed E-state index contributed by atoms with van der Waals surface area (Å²) in [6.45, 7) is 2.02. The van der Waals surface area contributed by atoms with E-state index >= 15 is 4.39 Å². The van der Waals surface area contributed by atoms with Crippen LogP contribution in [0.25, 0.3) is 39.0 Å². The van der Waals surface area contributed by atoms with Gasteiger partial charge in [0.05, 0.1) is 16.6 Å². The average molecular weight is 708 g/mol. The zero-order valence-corrected chi connectivity index (χ0v) is 28.0. The van der Waals surface area contributed by atoms with Gasteiger partial charge in [-0.15, -0.1) is 6.42 Å². The molecule has 13 heteroatoms. The predicted octanol–water partition coefficient (Wildman–Crippen LogP) is 6.11. The number of carbonyl (C=O) groups excluding carboxylic acids is 1. The number of hydrogen-bond acceptors (Lipinski definition) is 8. The molecule has 0 radical (unpaired) electrons. The summed E-state index contributed by atoms with van der Waals surface area (Å²) in [5.41, 5.74) is 0.321. The Balaban J connectivity index is 1.16. The molecule has 0 saturated carbocycles. The maximum Gasteiger partial charge on any atom is 0.319 e. The number of ether oxygens (including phenoxy) is 1. The summed E-state index contributed by atoms with van der Waals surface area (Å²) >= 11 is 0. The van der Waals surface area contributed by atoms with Crippen LogP contribution >= 0.6 is 0 Å². The molecule has 3 aromatic heterocycles. The van der Waals surface area contributed by atoms with Gasteiger partial charge in [-0.2, -0.15) is 9.97 Å². The van der Waals surface area contributed by atoms with Crippen molar-refractivity contribution in [1.82, 2.24) is 29.7 Å². The number of hydrogen-bond donors (Lipinski definition) is 0. The minimum absolute atomic E-state index is 0.0842. The third-order valence-corrected chi connectivity index (χ3v) is 10.3. The summed E-state index contributed by atoms with van der Waals surface area (Å²) in [6.07, 6.45) is 10.9. The molecule has 1 amide bonds. The van der Waals surface area contributed by atoms with Crippen molar-refractivity contribution in [2.24, 2.45) is 0 Å². The van der Waals surface area contributed by atoms with Gasteiger partial charge in [0.25, 0.3) is 5.91 Å². The van der Waals surface area contributed by atoms with Crippen LogP contribution < -0.4 is 9.64 Å². The number of halogens is 4. The van der Waals surface area contributed by atoms with E-state index in [9.17, 15) is 18.0 Å². The lowest BCUT2D eigenvalue weighted by molar-refractivity contribution is -0.128. The van der Waals surface area contributed by atoms with Gasteiger partial charge in [0.2, 0.25) is 0 Å². The largest absolute Gasteiger partial charge is 0.461 e. The van der Waals surface area contributed by atoms with Crippen molar-refractivity contribution >= 4 is 39.5 Å². The van der Waals surface area contributed by atoms with Gasteiger partial charge in [0.15, 0.2) is 11.6 Å². The van der Waals surface area contributed by atoms with Gasteiger partial charge < -0.3 is 14.5 Å². The van der Waals surface area contributed by atoms with Crippen molar-refractivity contribution in [3.63, 3.8) is 0 Å². The number of piperazine rings is 1. The number of pyridine rings is 2. The fourth-order valence-electron chi connectivity index (χ4n) is 7.78. The van der Waals surface area contributed by atoms with Crippen molar-refractivity contribution in [3.05, 3.63) is 89.6 Å². The van der Waals surface area contributed by atoms with Gasteiger partial charge in [-0.25, -0.2) is 17.6 Å². The number of fused-ring (bicyclic) bond motifs is 3. The van der Waals surface area contributed by atoms with Gasteiger partial charge in [0, 0.05) is 79.5 Å². The highest BCUT2D eigenvalue weighted by molar-refractivity contribution is 6.02. The zero-order chi connectivity index (χ0) is 36.0. The minimum atomic E-state index is -0.968. The van der Waals surface area contributed by atoms with Crippen LogP contribution in [0.5, 0.6) is 6.01 Å². The molecule has 3 aliphatic heterocycles. The maximum atomic E-state index is 16.9. The van der Waals surface area contributed by atoms with Gasteiger partial charge in [-0.1, -0.05) is 24.1 Å². The van der Waals surface area contributed by atoms with Gasteiger partial charge in [0.1, 0.15) is 35.6 Å². The molecule has 0 bridgehead atoms. The van der Waals surface area contributed by atoms with Crippen LogP contribution in [0, 0.1) is 24.0 Å². The molecular weight excluding hydrogens is 674 g/mol. The molecule has 8 rings (SSSR count). The Kier molecular flexibility index (Phi) is 8.71. The van der Waals surface area contributed by atoms with E-state index in [-0.39, 0.29) is 60.8 Å². The van der Waals surface area contributed by atoms with E-state index in [1.165, 1.54) is 29.4 Å². The summed E-state index contributed by atoms with van der Waals surface area (Å²) in [7, 11) is 0. The maximum absolute atomic E-state index is 16.9. The van der Waals surface area contributed by atoms with Crippen LogP contribution in [0.2, 0.25) is 0 Å². The van der Waals surface area contributed by atoms with E-state index in [2.05, 4.69) is 25.8 Å². The Labute approximate surface area is 297 Å². The minimum Gasteiger partial charge on any atom is -0.461 e. The monoisotopic (exact) mass is 707 g/mol. The second kappa shape index (κ2) is 13.5. The molecule has 0 unspecified atom stereocenters. The average Bonchev–Trinajstić information content (AvgIpc) is 3.70. The van der Waals surface area contributed by atoms with Crippen LogP contribution in [0.3, 0.4) is 0 Å². The van der Waals surface area contributed by atoms with Gasteiger partial charge >= 0.3 is 6.01 Å². The highest BCUT2D eigenvalue weighted by Crippen LogP contribution is 2.41. The van der Waals surface area contributed by atoms with Gasteiger partial charge in [-0.3, -0.25) is 19.7 Å². The lowest BCUT2D eigenvalue weighted by Gasteiger charge is -2.35. The van der Waals surface area contributed by atoms with E-state index in [0.717, 1.165) is 25.5 Å². The van der Waals surface area contributed by atoms with E-state index in [0.29, 0.717) is 41.0 Å². The molecule has 52 heavy (non-hydrogen) atoms. The second-order valence-electron chi connectivity index (χ2n) is 13.4. The fraction of sp³-hybridized carbons (Fsp3) is 0.308. The second-order valence-corrected chi connectivity index (χ2v) is 13.4. The third kappa shape index (κ3) is 5.96. The normalized spacial score (nSPS) is 20.8. The molecule has 6 heterocycles. The lowest BCUT2D eigenvalue weighted by Crippen LogP contribution is -2.49. The first kappa shape index (κ1) is 33.5. The highest BCUT2D eigenvalue weighted by atomic mass is 19.1. The number of rotatable bonds is 7. The van der Waals surface area contributed by atoms with Crippen LogP contribution in [-0.4, -0.2) is 93.2 Å². The topological polar surface area (TPSA) is 87.6 Å². The SMILES string of the molecule is C#Cc1cccc2c(F)ccc(-c3ncc4c(N5CCN(C(=O)/C(F)=C/c6ccccn6)CC5)nc(OC[C@@]56CCCN5C[C@H](F)C6)nc4c3F)c12. The number of benzene rings is 2. The van der Waals surface area contributed by atoms with E-state index in [4.69, 9.17) is 16.1 Å². The number of aromatic nitrogens is 4. The van der Waals surface area contributed by atoms with Gasteiger partial charge in [-0.05, 0) is 49.7 Å². The Morgan fingerprint density at radius 1 is 1.02 bits per heavy atom. The smallest absolute Gasteiger partial charge is 0.319 e. The summed E-state index contributed by atoms with van der Waals surface area (Å²) in [5, 5.41) is 0.848. The van der Waals surface area contributed by atoms with E-state index < -0.39 is 35.1 Å². The van der Waals surface area contributed by atoms with Crippen molar-refractivity contribution in [3.8, 4) is 29.6 Å². The molecule has 264 valence electrons. The lowest BCUT2D eigenvalue weighted by atomic mass is 9.95. The molecule has 0 N–H and O–H groups in total. The summed E-state index contributed by atoms with van der Waals surface area (Å²) in [4.78, 5) is 36.1. The summed E-state index contributed by atoms with van der Waals surface area (Å²) in [5.74, 6) is -0.111. The molecule has 2 atom stereocenters. The third-order valence-electron chi connectivity index (χ3n) is 10.3. The van der Waals surface area contributed by atoms with Crippen molar-refractivity contribution < 1.29 is 27.1 Å². The van der Waals surface area contributed by atoms with Crippen LogP contribution in [-0.2, 0) is 4.79 Å². The molecule has 3 fully saturated rings. The van der Waals surface area contributed by atoms with Crippen molar-refractivity contribution in [1.29, 1.82) is 0 Å². The van der Waals surface area contributed by atoms with Crippen molar-refractivity contribution in [2.75, 3.05) is 50.8 Å². The molecule has 5 aromatic rings. The quantitative estimate of drug-likeness (QED) is 0.114. The summed E-state index contributed by atoms with van der Waals surface area (Å²) < 4.78 is 67.4. The Morgan fingerprint density at radius 2 is 1.87 bits per heavy atom. The standard InChI is InChI=1S/C39H33F4N7O2/c1-2-24-7-5-9-27-30(41)11-10-28(32(24)27)34-33(43)35-29(21-45-34)36(47-38(46-35)52-23-39-12-6-14-50(39)22-25(40)20-39)48-15-17-49(18-16-48)37(51)31(42)19-26-8-3-4-13-44-26/h1,3-5,7-11,13,19,21,25H,6,12,14-18,20,22-23H2/b31-19-/t25-,39+/m1/s1. The zero-order valence-electron chi connectivity index (χ0n) is 28.0. The van der Waals surface area contributed by atoms with Crippen LogP contribution in [0.1, 0.15) is 30.5 Å². The number of terminal acetylenes is 1. The molecule has 9 nitrogen and oxygen atoms in total. The molecule has 0 aliphatic carbocycles. The number of nitrogens with zero attached hydrogens (tertiary/aromatic N) is 7. The first-order chi connectivity index (χ1) is 25.2.